The first-order chi connectivity index (χ1) is 10.5. The van der Waals surface area contributed by atoms with Crippen LogP contribution < -0.4 is 10.6 Å². The van der Waals surface area contributed by atoms with E-state index < -0.39 is 0 Å². The standard InChI is InChI=1S/C15H22BrN5S/c1-10-13(11(2)21(4)20-10)9-19-15(17-3)18-8-7-12-5-6-14(16)22-12/h5-6H,7-9H2,1-4H3,(H2,17,18,19). The summed E-state index contributed by atoms with van der Waals surface area (Å²) in [5.74, 6) is 0.818. The Morgan fingerprint density at radius 3 is 2.68 bits per heavy atom. The molecule has 0 spiro atoms. The third-order valence-electron chi connectivity index (χ3n) is 3.61. The van der Waals surface area contributed by atoms with Crippen molar-refractivity contribution >= 4 is 33.2 Å². The molecule has 120 valence electrons. The molecule has 0 radical (unpaired) electrons. The van der Waals surface area contributed by atoms with Gasteiger partial charge in [-0.15, -0.1) is 11.3 Å². The fraction of sp³-hybridized carbons (Fsp3) is 0.467. The van der Waals surface area contributed by atoms with Gasteiger partial charge in [-0.1, -0.05) is 0 Å². The van der Waals surface area contributed by atoms with Gasteiger partial charge in [0, 0.05) is 43.3 Å². The summed E-state index contributed by atoms with van der Waals surface area (Å²) in [6.07, 6.45) is 0.988. The molecule has 2 rings (SSSR count). The van der Waals surface area contributed by atoms with E-state index in [2.05, 4.69) is 55.7 Å². The number of nitrogens with one attached hydrogen (secondary N) is 2. The number of hydrogen-bond acceptors (Lipinski definition) is 3. The normalized spacial score (nSPS) is 11.8. The van der Waals surface area contributed by atoms with Crippen molar-refractivity contribution in [2.75, 3.05) is 13.6 Å². The van der Waals surface area contributed by atoms with Gasteiger partial charge in [0.2, 0.25) is 0 Å². The molecule has 0 aliphatic heterocycles. The summed E-state index contributed by atoms with van der Waals surface area (Å²) in [5, 5.41) is 11.1. The Bertz CT molecular complexity index is 659. The lowest BCUT2D eigenvalue weighted by atomic mass is 10.2. The minimum Gasteiger partial charge on any atom is -0.356 e. The van der Waals surface area contributed by atoms with E-state index >= 15 is 0 Å². The number of nitrogens with zero attached hydrogens (tertiary/aromatic N) is 3. The Balaban J connectivity index is 1.82. The van der Waals surface area contributed by atoms with Crippen LogP contribution in [0.1, 0.15) is 21.8 Å². The zero-order valence-electron chi connectivity index (χ0n) is 13.4. The Morgan fingerprint density at radius 1 is 1.36 bits per heavy atom. The number of aryl methyl sites for hydroxylation is 2. The van der Waals surface area contributed by atoms with Crippen LogP contribution in [0.25, 0.3) is 0 Å². The number of guanidine groups is 1. The molecule has 5 nitrogen and oxygen atoms in total. The van der Waals surface area contributed by atoms with E-state index in [1.165, 1.54) is 19.9 Å². The summed E-state index contributed by atoms with van der Waals surface area (Å²) < 4.78 is 3.09. The third-order valence-corrected chi connectivity index (χ3v) is 5.29. The lowest BCUT2D eigenvalue weighted by Crippen LogP contribution is -2.38. The van der Waals surface area contributed by atoms with Gasteiger partial charge in [-0.3, -0.25) is 9.67 Å². The number of rotatable bonds is 5. The first-order valence-electron chi connectivity index (χ1n) is 7.19. The topological polar surface area (TPSA) is 54.2 Å². The van der Waals surface area contributed by atoms with E-state index in [9.17, 15) is 0 Å². The SMILES string of the molecule is CN=C(NCCc1ccc(Br)s1)NCc1c(C)nn(C)c1C. The van der Waals surface area contributed by atoms with Crippen LogP contribution in [0.15, 0.2) is 20.9 Å². The summed E-state index contributed by atoms with van der Waals surface area (Å²) >= 11 is 5.26. The molecule has 0 atom stereocenters. The Kier molecular flexibility index (Phi) is 6.02. The summed E-state index contributed by atoms with van der Waals surface area (Å²) in [4.78, 5) is 5.62. The van der Waals surface area contributed by atoms with Crippen LogP contribution in [0.5, 0.6) is 0 Å². The van der Waals surface area contributed by atoms with Crippen molar-refractivity contribution in [2.45, 2.75) is 26.8 Å². The van der Waals surface area contributed by atoms with Gasteiger partial charge in [0.15, 0.2) is 5.96 Å². The Labute approximate surface area is 144 Å². The van der Waals surface area contributed by atoms with Gasteiger partial charge < -0.3 is 10.6 Å². The van der Waals surface area contributed by atoms with Crippen molar-refractivity contribution in [1.29, 1.82) is 0 Å². The molecule has 0 saturated carbocycles. The highest BCUT2D eigenvalue weighted by Gasteiger charge is 2.09. The van der Waals surface area contributed by atoms with Crippen LogP contribution in [0.2, 0.25) is 0 Å². The van der Waals surface area contributed by atoms with E-state index in [0.717, 1.165) is 31.2 Å². The number of aliphatic imine (C=N–C) groups is 1. The van der Waals surface area contributed by atoms with E-state index in [4.69, 9.17) is 0 Å². The highest BCUT2D eigenvalue weighted by molar-refractivity contribution is 9.11. The van der Waals surface area contributed by atoms with Gasteiger partial charge in [-0.25, -0.2) is 0 Å². The minimum absolute atomic E-state index is 0.732. The fourth-order valence-corrected chi connectivity index (χ4v) is 3.74. The van der Waals surface area contributed by atoms with Gasteiger partial charge in [-0.05, 0) is 48.3 Å². The van der Waals surface area contributed by atoms with Gasteiger partial charge in [0.25, 0.3) is 0 Å². The molecule has 0 unspecified atom stereocenters. The summed E-state index contributed by atoms with van der Waals surface area (Å²) in [6.45, 7) is 5.71. The molecule has 0 amide bonds. The van der Waals surface area contributed by atoms with Crippen LogP contribution in [0.3, 0.4) is 0 Å². The van der Waals surface area contributed by atoms with Gasteiger partial charge in [-0.2, -0.15) is 5.10 Å². The molecular formula is C15H22BrN5S. The van der Waals surface area contributed by atoms with Gasteiger partial charge in [0.05, 0.1) is 9.48 Å². The highest BCUT2D eigenvalue weighted by atomic mass is 79.9. The molecule has 7 heteroatoms. The van der Waals surface area contributed by atoms with Crippen LogP contribution in [-0.4, -0.2) is 29.3 Å². The second-order valence-corrected chi connectivity index (χ2v) is 7.63. The lowest BCUT2D eigenvalue weighted by molar-refractivity contribution is 0.728. The van der Waals surface area contributed by atoms with E-state index in [0.29, 0.717) is 0 Å². The first-order valence-corrected chi connectivity index (χ1v) is 8.80. The zero-order valence-corrected chi connectivity index (χ0v) is 15.8. The second-order valence-electron chi connectivity index (χ2n) is 5.08. The molecule has 0 saturated heterocycles. The minimum atomic E-state index is 0.732. The molecule has 2 aromatic rings. The smallest absolute Gasteiger partial charge is 0.191 e. The predicted octanol–water partition coefficient (Wildman–Crippen LogP) is 2.77. The van der Waals surface area contributed by atoms with Crippen molar-refractivity contribution in [1.82, 2.24) is 20.4 Å². The maximum atomic E-state index is 4.43. The molecule has 2 aromatic heterocycles. The molecule has 0 fully saturated rings. The molecule has 0 bridgehead atoms. The Morgan fingerprint density at radius 2 is 2.14 bits per heavy atom. The molecule has 22 heavy (non-hydrogen) atoms. The average molecular weight is 384 g/mol. The molecule has 0 aromatic carbocycles. The van der Waals surface area contributed by atoms with E-state index in [1.54, 1.807) is 18.4 Å². The van der Waals surface area contributed by atoms with Crippen molar-refractivity contribution < 1.29 is 0 Å². The van der Waals surface area contributed by atoms with Crippen molar-refractivity contribution in [3.8, 4) is 0 Å². The molecular weight excluding hydrogens is 362 g/mol. The monoisotopic (exact) mass is 383 g/mol. The highest BCUT2D eigenvalue weighted by Crippen LogP contribution is 2.22. The molecule has 2 heterocycles. The number of hydrogen-bond donors (Lipinski definition) is 2. The first kappa shape index (κ1) is 17.0. The van der Waals surface area contributed by atoms with Crippen LogP contribution in [0, 0.1) is 13.8 Å². The number of thiophene rings is 1. The lowest BCUT2D eigenvalue weighted by Gasteiger charge is -2.11. The summed E-state index contributed by atoms with van der Waals surface area (Å²) in [5.41, 5.74) is 3.47. The fourth-order valence-electron chi connectivity index (χ4n) is 2.26. The van der Waals surface area contributed by atoms with E-state index in [1.807, 2.05) is 18.7 Å². The van der Waals surface area contributed by atoms with Crippen molar-refractivity contribution in [3.05, 3.63) is 37.7 Å². The number of aromatic nitrogens is 2. The maximum Gasteiger partial charge on any atom is 0.191 e. The third kappa shape index (κ3) is 4.33. The Hall–Kier alpha value is -1.34. The van der Waals surface area contributed by atoms with Crippen molar-refractivity contribution in [3.63, 3.8) is 0 Å². The van der Waals surface area contributed by atoms with Gasteiger partial charge >= 0.3 is 0 Å². The second kappa shape index (κ2) is 7.78. The summed E-state index contributed by atoms with van der Waals surface area (Å²) in [6, 6.07) is 4.23. The number of halogens is 1. The van der Waals surface area contributed by atoms with Crippen LogP contribution >= 0.6 is 27.3 Å². The zero-order chi connectivity index (χ0) is 16.1. The quantitative estimate of drug-likeness (QED) is 0.616. The van der Waals surface area contributed by atoms with Crippen molar-refractivity contribution in [2.24, 2.45) is 12.0 Å². The summed E-state index contributed by atoms with van der Waals surface area (Å²) in [7, 11) is 3.76. The van der Waals surface area contributed by atoms with Crippen LogP contribution in [-0.2, 0) is 20.0 Å². The maximum absolute atomic E-state index is 4.43. The van der Waals surface area contributed by atoms with Crippen LogP contribution in [0.4, 0.5) is 0 Å². The molecule has 0 aliphatic rings. The predicted molar refractivity (Wildman–Crippen MR) is 96.6 cm³/mol. The van der Waals surface area contributed by atoms with Gasteiger partial charge in [0.1, 0.15) is 0 Å². The average Bonchev–Trinajstić information content (AvgIpc) is 2.99. The molecule has 0 aliphatic carbocycles. The molecule has 2 N–H and O–H groups in total. The van der Waals surface area contributed by atoms with E-state index in [-0.39, 0.29) is 0 Å². The largest absolute Gasteiger partial charge is 0.356 e.